The van der Waals surface area contributed by atoms with Gasteiger partial charge in [0.05, 0.1) is 19.3 Å². The number of aliphatic hydroxyl groups excluding tert-OH is 4. The summed E-state index contributed by atoms with van der Waals surface area (Å²) in [6, 6.07) is 9.27. The van der Waals surface area contributed by atoms with Crippen molar-refractivity contribution in [3.8, 4) is 0 Å². The molecular formula is C28H43NO12. The van der Waals surface area contributed by atoms with Crippen LogP contribution in [0.3, 0.4) is 0 Å². The predicted octanol–water partition coefficient (Wildman–Crippen LogP) is 0.933. The van der Waals surface area contributed by atoms with E-state index in [0.29, 0.717) is 12.8 Å². The van der Waals surface area contributed by atoms with Crippen molar-refractivity contribution in [2.45, 2.75) is 102 Å². The van der Waals surface area contributed by atoms with Gasteiger partial charge >= 0.3 is 18.0 Å². The van der Waals surface area contributed by atoms with Crippen LogP contribution >= 0.6 is 0 Å². The van der Waals surface area contributed by atoms with Gasteiger partial charge in [0.15, 0.2) is 6.29 Å². The highest BCUT2D eigenvalue weighted by Gasteiger charge is 2.44. The van der Waals surface area contributed by atoms with Gasteiger partial charge in [0.1, 0.15) is 30.5 Å². The highest BCUT2D eigenvalue weighted by Crippen LogP contribution is 2.22. The Hall–Kier alpha value is -2.81. The van der Waals surface area contributed by atoms with E-state index in [0.717, 1.165) is 26.2 Å². The molecule has 0 radical (unpaired) electrons. The molecule has 5 N–H and O–H groups in total. The number of alkyl carbamates (subject to hydrolysis) is 1. The lowest BCUT2D eigenvalue weighted by Crippen LogP contribution is -2.59. The van der Waals surface area contributed by atoms with Crippen molar-refractivity contribution < 1.29 is 58.5 Å². The van der Waals surface area contributed by atoms with Gasteiger partial charge in [-0.25, -0.2) is 4.79 Å². The molecule has 0 saturated carbocycles. The summed E-state index contributed by atoms with van der Waals surface area (Å²) < 4.78 is 26.0. The average molecular weight is 586 g/mol. The smallest absolute Gasteiger partial charge is 0.410 e. The third-order valence-corrected chi connectivity index (χ3v) is 6.57. The lowest BCUT2D eigenvalue weighted by Gasteiger charge is -2.40. The Kier molecular flexibility index (Phi) is 15.6. The molecule has 41 heavy (non-hydrogen) atoms. The Labute approximate surface area is 239 Å². The minimum absolute atomic E-state index is 0.107. The molecule has 13 nitrogen and oxygen atoms in total. The zero-order valence-corrected chi connectivity index (χ0v) is 23.6. The number of amides is 1. The molecule has 1 saturated heterocycles. The van der Waals surface area contributed by atoms with Gasteiger partial charge in [0.2, 0.25) is 6.79 Å². The first-order valence-corrected chi connectivity index (χ1v) is 13.9. The summed E-state index contributed by atoms with van der Waals surface area (Å²) in [6.07, 6.45) is -4.74. The molecule has 1 aromatic rings. The maximum atomic E-state index is 12.5. The maximum absolute atomic E-state index is 12.5. The first-order valence-electron chi connectivity index (χ1n) is 13.9. The van der Waals surface area contributed by atoms with Crippen LogP contribution in [0.2, 0.25) is 0 Å². The molecule has 4 unspecified atom stereocenters. The molecule has 0 spiro atoms. The number of carbonyl (C=O) groups is 3. The largest absolute Gasteiger partial charge is 0.462 e. The van der Waals surface area contributed by atoms with Crippen LogP contribution in [0.15, 0.2) is 30.3 Å². The summed E-state index contributed by atoms with van der Waals surface area (Å²) in [4.78, 5) is 35.7. The molecular weight excluding hydrogens is 542 g/mol. The fraction of sp³-hybridized carbons (Fsp3) is 0.679. The van der Waals surface area contributed by atoms with E-state index < -0.39 is 68.3 Å². The Bertz CT molecular complexity index is 915. The number of aliphatic hydroxyl groups is 4. The van der Waals surface area contributed by atoms with Crippen molar-refractivity contribution in [1.82, 2.24) is 5.32 Å². The fourth-order valence-corrected chi connectivity index (χ4v) is 4.24. The number of nitrogens with one attached hydrogen (secondary N) is 1. The topological polar surface area (TPSA) is 190 Å². The molecule has 1 heterocycles. The zero-order chi connectivity index (χ0) is 30.2. The van der Waals surface area contributed by atoms with Crippen LogP contribution in [0.5, 0.6) is 0 Å². The SMILES string of the molecule is CC[C@H](CC(CO[C@H]1OC(CO)[C@H](O)C(O)C1O)NC(=O)OCOC(C)=O)OC(=O)CCCCCc1ccccc1. The van der Waals surface area contributed by atoms with Crippen LogP contribution in [-0.4, -0.2) is 101 Å². The van der Waals surface area contributed by atoms with E-state index in [1.165, 1.54) is 5.56 Å². The summed E-state index contributed by atoms with van der Waals surface area (Å²) in [5, 5.41) is 42.1. The number of rotatable bonds is 17. The summed E-state index contributed by atoms with van der Waals surface area (Å²) >= 11 is 0. The van der Waals surface area contributed by atoms with Crippen LogP contribution < -0.4 is 5.32 Å². The molecule has 1 aliphatic rings. The molecule has 1 aromatic carbocycles. The zero-order valence-electron chi connectivity index (χ0n) is 23.6. The molecule has 1 aliphatic heterocycles. The van der Waals surface area contributed by atoms with Gasteiger partial charge in [-0.1, -0.05) is 43.7 Å². The van der Waals surface area contributed by atoms with E-state index in [1.807, 2.05) is 25.1 Å². The predicted molar refractivity (Wildman–Crippen MR) is 143 cm³/mol. The third kappa shape index (κ3) is 12.7. The van der Waals surface area contributed by atoms with Gasteiger partial charge in [0.25, 0.3) is 0 Å². The van der Waals surface area contributed by atoms with Crippen molar-refractivity contribution in [3.05, 3.63) is 35.9 Å². The molecule has 0 aromatic heterocycles. The average Bonchev–Trinajstić information content (AvgIpc) is 2.95. The lowest BCUT2D eigenvalue weighted by molar-refractivity contribution is -0.302. The minimum atomic E-state index is -1.64. The Morgan fingerprint density at radius 1 is 1.00 bits per heavy atom. The van der Waals surface area contributed by atoms with Crippen molar-refractivity contribution in [2.24, 2.45) is 0 Å². The van der Waals surface area contributed by atoms with Crippen molar-refractivity contribution >= 4 is 18.0 Å². The molecule has 232 valence electrons. The van der Waals surface area contributed by atoms with Crippen LogP contribution in [0.4, 0.5) is 4.79 Å². The highest BCUT2D eigenvalue weighted by atomic mass is 16.7. The number of unbranched alkanes of at least 4 members (excludes halogenated alkanes) is 2. The molecule has 0 aliphatic carbocycles. The van der Waals surface area contributed by atoms with Gasteiger partial charge in [-0.2, -0.15) is 0 Å². The third-order valence-electron chi connectivity index (χ3n) is 6.57. The van der Waals surface area contributed by atoms with Crippen LogP contribution in [0, 0.1) is 0 Å². The van der Waals surface area contributed by atoms with Gasteiger partial charge in [0, 0.05) is 19.8 Å². The summed E-state index contributed by atoms with van der Waals surface area (Å²) in [7, 11) is 0. The van der Waals surface area contributed by atoms with Crippen molar-refractivity contribution in [1.29, 1.82) is 0 Å². The molecule has 7 atom stereocenters. The van der Waals surface area contributed by atoms with E-state index >= 15 is 0 Å². The number of esters is 2. The summed E-state index contributed by atoms with van der Waals surface area (Å²) in [5.74, 6) is -1.01. The van der Waals surface area contributed by atoms with Crippen LogP contribution in [-0.2, 0) is 39.7 Å². The molecule has 2 rings (SSSR count). The second-order valence-corrected chi connectivity index (χ2v) is 9.86. The quantitative estimate of drug-likeness (QED) is 0.0989. The second-order valence-electron chi connectivity index (χ2n) is 9.86. The fourth-order valence-electron chi connectivity index (χ4n) is 4.24. The number of hydrogen-bond acceptors (Lipinski definition) is 12. The van der Waals surface area contributed by atoms with E-state index in [2.05, 4.69) is 22.2 Å². The van der Waals surface area contributed by atoms with Crippen LogP contribution in [0.25, 0.3) is 0 Å². The molecule has 1 fully saturated rings. The second kappa shape index (κ2) is 18.6. The van der Waals surface area contributed by atoms with Gasteiger partial charge in [-0.3, -0.25) is 9.59 Å². The number of hydrogen-bond donors (Lipinski definition) is 5. The van der Waals surface area contributed by atoms with E-state index in [1.54, 1.807) is 0 Å². The van der Waals surface area contributed by atoms with Crippen molar-refractivity contribution in [3.63, 3.8) is 0 Å². The van der Waals surface area contributed by atoms with Gasteiger partial charge in [-0.15, -0.1) is 0 Å². The van der Waals surface area contributed by atoms with Crippen molar-refractivity contribution in [2.75, 3.05) is 20.0 Å². The van der Waals surface area contributed by atoms with Crippen LogP contribution in [0.1, 0.15) is 57.9 Å². The standard InChI is InChI=1S/C28H43NO12/c1-3-21(40-23(32)13-9-5-8-12-19-10-6-4-7-11-19)14-20(29-28(36)39-17-38-18(2)31)16-37-27-26(35)25(34)24(33)22(15-30)41-27/h4,6-7,10-11,20-22,24-27,30,33-35H,3,5,8-9,12-17H2,1-2H3,(H,29,36)/t20?,21-,22?,24+,25?,26?,27+/m1/s1. The first-order chi connectivity index (χ1) is 19.6. The number of carbonyl (C=O) groups excluding carboxylic acids is 3. The minimum Gasteiger partial charge on any atom is -0.462 e. The van der Waals surface area contributed by atoms with E-state index in [4.69, 9.17) is 18.9 Å². The lowest BCUT2D eigenvalue weighted by atomic mass is 9.99. The summed E-state index contributed by atoms with van der Waals surface area (Å²) in [6.45, 7) is 1.44. The van der Waals surface area contributed by atoms with E-state index in [-0.39, 0.29) is 25.4 Å². The van der Waals surface area contributed by atoms with E-state index in [9.17, 15) is 34.8 Å². The maximum Gasteiger partial charge on any atom is 0.410 e. The molecule has 1 amide bonds. The Balaban J connectivity index is 1.89. The summed E-state index contributed by atoms with van der Waals surface area (Å²) in [5.41, 5.74) is 1.25. The number of benzene rings is 1. The molecule has 13 heteroatoms. The number of ether oxygens (including phenoxy) is 5. The monoisotopic (exact) mass is 585 g/mol. The Morgan fingerprint density at radius 3 is 2.39 bits per heavy atom. The molecule has 0 bridgehead atoms. The van der Waals surface area contributed by atoms with Gasteiger partial charge in [-0.05, 0) is 31.2 Å². The highest BCUT2D eigenvalue weighted by molar-refractivity contribution is 5.70. The van der Waals surface area contributed by atoms with Gasteiger partial charge < -0.3 is 49.4 Å². The Morgan fingerprint density at radius 2 is 1.73 bits per heavy atom. The normalized spacial score (nSPS) is 23.7. The number of aryl methyl sites for hydroxylation is 1. The first kappa shape index (κ1) is 34.4.